The summed E-state index contributed by atoms with van der Waals surface area (Å²) in [5.74, 6) is 0.645. The van der Waals surface area contributed by atoms with Crippen LogP contribution < -0.4 is 19.6 Å². The van der Waals surface area contributed by atoms with Crippen LogP contribution in [0.4, 0.5) is 0 Å². The lowest BCUT2D eigenvalue weighted by Gasteiger charge is -2.16. The van der Waals surface area contributed by atoms with Gasteiger partial charge in [0.15, 0.2) is 17.3 Å². The average Bonchev–Trinajstić information content (AvgIpc) is 3.68. The molecule has 5 aromatic rings. The van der Waals surface area contributed by atoms with Gasteiger partial charge in [-0.05, 0) is 125 Å². The Labute approximate surface area is 288 Å². The molecule has 0 fully saturated rings. The summed E-state index contributed by atoms with van der Waals surface area (Å²) in [6, 6.07) is 23.3. The molecule has 0 saturated carbocycles. The van der Waals surface area contributed by atoms with Crippen molar-refractivity contribution in [3.63, 3.8) is 0 Å². The summed E-state index contributed by atoms with van der Waals surface area (Å²) in [5.41, 5.74) is 7.43. The van der Waals surface area contributed by atoms with Gasteiger partial charge in [-0.2, -0.15) is 5.10 Å². The van der Waals surface area contributed by atoms with Crippen molar-refractivity contribution >= 4 is 50.0 Å². The van der Waals surface area contributed by atoms with E-state index in [2.05, 4.69) is 72.9 Å². The van der Waals surface area contributed by atoms with Crippen LogP contribution in [0.1, 0.15) is 56.1 Å². The quantitative estimate of drug-likeness (QED) is 0.0915. The fourth-order valence-electron chi connectivity index (χ4n) is 4.71. The predicted octanol–water partition coefficient (Wildman–Crippen LogP) is 8.23. The zero-order valence-electron chi connectivity index (χ0n) is 25.8. The highest BCUT2D eigenvalue weighted by atomic mass is 79.9. The van der Waals surface area contributed by atoms with Crippen LogP contribution in [-0.4, -0.2) is 34.4 Å². The number of nitrogens with one attached hydrogen (secondary N) is 1. The monoisotopic (exact) mass is 763 g/mol. The molecule has 0 aliphatic heterocycles. The van der Waals surface area contributed by atoms with Crippen molar-refractivity contribution in [2.75, 3.05) is 6.61 Å². The molecule has 2 N–H and O–H groups in total. The van der Waals surface area contributed by atoms with Gasteiger partial charge in [0, 0.05) is 27.1 Å². The van der Waals surface area contributed by atoms with Gasteiger partial charge >= 0.3 is 11.9 Å². The molecule has 2 aromatic heterocycles. The second kappa shape index (κ2) is 15.2. The second-order valence-electron chi connectivity index (χ2n) is 10.3. The van der Waals surface area contributed by atoms with E-state index in [0.29, 0.717) is 44.1 Å². The lowest BCUT2D eigenvalue weighted by Crippen LogP contribution is -2.16. The largest absolute Gasteiger partial charge is 0.490 e. The van der Waals surface area contributed by atoms with E-state index >= 15 is 0 Å². The van der Waals surface area contributed by atoms with Crippen LogP contribution in [0.5, 0.6) is 17.2 Å². The van der Waals surface area contributed by atoms with Gasteiger partial charge in [-0.1, -0.05) is 12.1 Å². The number of ether oxygens (including phenoxy) is 3. The zero-order valence-corrected chi connectivity index (χ0v) is 28.9. The highest BCUT2D eigenvalue weighted by molar-refractivity contribution is 9.13. The third-order valence-electron chi connectivity index (χ3n) is 7.04. The zero-order chi connectivity index (χ0) is 33.5. The van der Waals surface area contributed by atoms with Gasteiger partial charge in [-0.15, -0.1) is 0 Å². The maximum absolute atomic E-state index is 12.7. The molecule has 0 atom stereocenters. The van der Waals surface area contributed by atoms with Crippen LogP contribution in [0, 0.1) is 13.8 Å². The number of nitrogens with zero attached hydrogens (tertiary/aromatic N) is 2. The Bertz CT molecular complexity index is 1890. The predicted molar refractivity (Wildman–Crippen MR) is 184 cm³/mol. The first-order chi connectivity index (χ1) is 22.6. The van der Waals surface area contributed by atoms with Gasteiger partial charge in [0.25, 0.3) is 0 Å². The molecule has 0 radical (unpaired) electrons. The number of hydrogen-bond acceptors (Lipinski definition) is 7. The summed E-state index contributed by atoms with van der Waals surface area (Å²) in [4.78, 5) is 23.8. The van der Waals surface area contributed by atoms with Gasteiger partial charge in [-0.25, -0.2) is 10.2 Å². The second-order valence-corrected chi connectivity index (χ2v) is 11.9. The van der Waals surface area contributed by atoms with Crippen LogP contribution in [0.15, 0.2) is 97.3 Å². The van der Waals surface area contributed by atoms with Crippen molar-refractivity contribution in [2.45, 2.75) is 34.0 Å². The molecule has 3 aromatic carbocycles. The molecule has 2 heterocycles. The topological polar surface area (TPSA) is 125 Å². The van der Waals surface area contributed by atoms with Gasteiger partial charge in [-0.3, -0.25) is 4.79 Å². The lowest BCUT2D eigenvalue weighted by molar-refractivity contribution is 0.0696. The first kappa shape index (κ1) is 33.6. The Hall–Kier alpha value is -4.81. The number of aromatic carboxylic acids is 1. The summed E-state index contributed by atoms with van der Waals surface area (Å²) in [6.07, 6.45) is 1.47. The fourth-order valence-corrected chi connectivity index (χ4v) is 5.65. The van der Waals surface area contributed by atoms with Gasteiger partial charge < -0.3 is 28.3 Å². The number of aromatic nitrogens is 1. The maximum Gasteiger partial charge on any atom is 0.335 e. The first-order valence-electron chi connectivity index (χ1n) is 14.5. The summed E-state index contributed by atoms with van der Waals surface area (Å²) >= 11 is 7.11. The molecule has 47 heavy (non-hydrogen) atoms. The minimum absolute atomic E-state index is 0.0880. The van der Waals surface area contributed by atoms with Crippen LogP contribution in [-0.2, 0) is 13.2 Å². The summed E-state index contributed by atoms with van der Waals surface area (Å²) < 4.78 is 26.8. The molecule has 0 bridgehead atoms. The number of benzene rings is 3. The molecular weight excluding hydrogens is 734 g/mol. The van der Waals surface area contributed by atoms with E-state index in [1.54, 1.807) is 30.3 Å². The van der Waals surface area contributed by atoms with Crippen LogP contribution >= 0.6 is 31.9 Å². The van der Waals surface area contributed by atoms with E-state index < -0.39 is 11.9 Å². The van der Waals surface area contributed by atoms with E-state index in [1.807, 2.05) is 31.2 Å². The highest BCUT2D eigenvalue weighted by Crippen LogP contribution is 2.43. The van der Waals surface area contributed by atoms with Gasteiger partial charge in [0.1, 0.15) is 24.7 Å². The van der Waals surface area contributed by atoms with Gasteiger partial charge in [0.2, 0.25) is 0 Å². The van der Waals surface area contributed by atoms with Crippen molar-refractivity contribution in [1.29, 1.82) is 0 Å². The van der Waals surface area contributed by atoms with E-state index in [4.69, 9.17) is 23.7 Å². The number of carbonyl (C=O) groups excluding carboxylic acids is 1. The lowest BCUT2D eigenvalue weighted by atomic mass is 10.1. The van der Waals surface area contributed by atoms with Crippen LogP contribution in [0.25, 0.3) is 5.69 Å². The molecule has 1 amide bonds. The van der Waals surface area contributed by atoms with E-state index in [1.165, 1.54) is 18.3 Å². The number of furan rings is 1. The highest BCUT2D eigenvalue weighted by Gasteiger charge is 2.18. The summed E-state index contributed by atoms with van der Waals surface area (Å²) in [7, 11) is 0. The van der Waals surface area contributed by atoms with Crippen LogP contribution in [0.2, 0.25) is 0 Å². The Morgan fingerprint density at radius 2 is 1.60 bits per heavy atom. The van der Waals surface area contributed by atoms with Crippen molar-refractivity contribution in [3.8, 4) is 22.9 Å². The molecule has 0 spiro atoms. The van der Waals surface area contributed by atoms with Crippen molar-refractivity contribution in [1.82, 2.24) is 9.99 Å². The standard InChI is InChI=1S/C35H31Br2N3O7/c1-4-44-30-17-25(31(36)32(37)33(30)46-19-23-7-9-24(10-8-23)35(42)43)18-38-39-34(41)29-16-15-28(47-29)20-45-27-13-11-26(12-14-27)40-21(2)5-6-22(40)3/h5-18H,4,19-20H2,1-3H3,(H,39,41)(H,42,43)/b38-18+. The Balaban J connectivity index is 1.18. The molecule has 5 rings (SSSR count). The van der Waals surface area contributed by atoms with E-state index in [0.717, 1.165) is 22.6 Å². The Morgan fingerprint density at radius 3 is 2.26 bits per heavy atom. The molecule has 0 aliphatic rings. The number of aryl methyl sites for hydroxylation is 2. The third-order valence-corrected chi connectivity index (χ3v) is 9.19. The molecular formula is C35H31Br2N3O7. The van der Waals surface area contributed by atoms with Crippen molar-refractivity contribution in [3.05, 3.63) is 127 Å². The summed E-state index contributed by atoms with van der Waals surface area (Å²) in [5, 5.41) is 13.2. The molecule has 0 aliphatic carbocycles. The van der Waals surface area contributed by atoms with Crippen molar-refractivity contribution in [2.24, 2.45) is 5.10 Å². The van der Waals surface area contributed by atoms with E-state index in [-0.39, 0.29) is 24.5 Å². The van der Waals surface area contributed by atoms with Crippen LogP contribution in [0.3, 0.4) is 0 Å². The normalized spacial score (nSPS) is 11.1. The number of carboxylic acid groups (broad SMARTS) is 1. The number of amides is 1. The van der Waals surface area contributed by atoms with Crippen molar-refractivity contribution < 1.29 is 33.3 Å². The number of carboxylic acids is 1. The molecule has 0 saturated heterocycles. The Morgan fingerprint density at radius 1 is 0.894 bits per heavy atom. The third kappa shape index (κ3) is 8.13. The number of carbonyl (C=O) groups is 2. The number of halogens is 2. The minimum atomic E-state index is -0.994. The fraction of sp³-hybridized carbons (Fsp3) is 0.171. The first-order valence-corrected chi connectivity index (χ1v) is 16.1. The molecule has 242 valence electrons. The number of hydrazone groups is 1. The maximum atomic E-state index is 12.7. The molecule has 10 nitrogen and oxygen atoms in total. The molecule has 12 heteroatoms. The minimum Gasteiger partial charge on any atom is -0.490 e. The summed E-state index contributed by atoms with van der Waals surface area (Å²) in [6.45, 7) is 6.70. The Kier molecular flexibility index (Phi) is 10.8. The van der Waals surface area contributed by atoms with E-state index in [9.17, 15) is 9.59 Å². The SMILES string of the molecule is CCOc1cc(/C=N/NC(=O)c2ccc(COc3ccc(-n4c(C)ccc4C)cc3)o2)c(Br)c(Br)c1OCc1ccc(C(=O)O)cc1. The number of hydrogen-bond donors (Lipinski definition) is 2. The smallest absolute Gasteiger partial charge is 0.335 e. The average molecular weight is 765 g/mol. The van der Waals surface area contributed by atoms with Gasteiger partial charge in [0.05, 0.1) is 22.9 Å². The number of rotatable bonds is 13. The molecule has 0 unspecified atom stereocenters.